The van der Waals surface area contributed by atoms with Crippen molar-refractivity contribution in [2.45, 2.75) is 76.2 Å². The van der Waals surface area contributed by atoms with Gasteiger partial charge in [0.15, 0.2) is 5.01 Å². The highest BCUT2D eigenvalue weighted by atomic mass is 32.1. The lowest BCUT2D eigenvalue weighted by atomic mass is 10.1. The van der Waals surface area contributed by atoms with Crippen molar-refractivity contribution < 1.29 is 45.4 Å². The summed E-state index contributed by atoms with van der Waals surface area (Å²) in [5.74, 6) is -6.28. The van der Waals surface area contributed by atoms with Crippen LogP contribution in [0.1, 0.15) is 72.3 Å². The third kappa shape index (κ3) is 7.26. The van der Waals surface area contributed by atoms with Crippen molar-refractivity contribution in [3.05, 3.63) is 28.5 Å². The summed E-state index contributed by atoms with van der Waals surface area (Å²) in [4.78, 5) is 34.6. The minimum absolute atomic E-state index is 0.231. The Morgan fingerprint density at radius 1 is 1.24 bits per heavy atom. The van der Waals surface area contributed by atoms with E-state index in [2.05, 4.69) is 20.6 Å². The zero-order valence-corrected chi connectivity index (χ0v) is 23.0. The minimum atomic E-state index is -4.65. The molecule has 8 nitrogen and oxygen atoms in total. The highest BCUT2D eigenvalue weighted by molar-refractivity contribution is 7.17. The number of nitrogens with one attached hydrogen (secondary N) is 2. The van der Waals surface area contributed by atoms with Gasteiger partial charge in [-0.1, -0.05) is 0 Å². The lowest BCUT2D eigenvalue weighted by Gasteiger charge is -2.23. The summed E-state index contributed by atoms with van der Waals surface area (Å²) >= 11 is 0.516. The Morgan fingerprint density at radius 3 is 2.41 bits per heavy atom. The van der Waals surface area contributed by atoms with E-state index in [9.17, 15) is 45.4 Å². The summed E-state index contributed by atoms with van der Waals surface area (Å²) in [6, 6.07) is -2.19. The predicted octanol–water partition coefficient (Wildman–Crippen LogP) is 5.27. The van der Waals surface area contributed by atoms with Gasteiger partial charge in [-0.2, -0.15) is 13.2 Å². The van der Waals surface area contributed by atoms with Gasteiger partial charge in [-0.15, -0.1) is 11.3 Å². The van der Waals surface area contributed by atoms with Crippen molar-refractivity contribution >= 4 is 29.0 Å². The number of anilines is 1. The zero-order valence-electron chi connectivity index (χ0n) is 22.2. The Balaban J connectivity index is 1.76. The van der Waals surface area contributed by atoms with Crippen LogP contribution in [0.15, 0.2) is 12.3 Å². The number of thiazole rings is 1. The number of likely N-dealkylation sites (tertiary alicyclic amines) is 1. The first-order valence-electron chi connectivity index (χ1n) is 12.7. The molecule has 0 aromatic carbocycles. The molecule has 0 bridgehead atoms. The van der Waals surface area contributed by atoms with Gasteiger partial charge < -0.3 is 20.6 Å². The third-order valence-corrected chi connectivity index (χ3v) is 7.75. The van der Waals surface area contributed by atoms with Crippen molar-refractivity contribution in [1.29, 1.82) is 0 Å². The van der Waals surface area contributed by atoms with Gasteiger partial charge >= 0.3 is 6.18 Å². The maximum absolute atomic E-state index is 14.3. The van der Waals surface area contributed by atoms with Crippen LogP contribution >= 0.6 is 11.3 Å². The van der Waals surface area contributed by atoms with E-state index in [1.807, 2.05) is 0 Å². The number of alkyl halides is 7. The highest BCUT2D eigenvalue weighted by Crippen LogP contribution is 2.43. The molecule has 1 saturated heterocycles. The van der Waals surface area contributed by atoms with Crippen molar-refractivity contribution in [3.63, 3.8) is 0 Å². The quantitative estimate of drug-likeness (QED) is 0.334. The molecule has 2 atom stereocenters. The van der Waals surface area contributed by atoms with Gasteiger partial charge in [-0.3, -0.25) is 9.59 Å². The van der Waals surface area contributed by atoms with E-state index in [4.69, 9.17) is 0 Å². The number of halogens is 7. The van der Waals surface area contributed by atoms with Gasteiger partial charge in [0, 0.05) is 36.3 Å². The molecule has 0 radical (unpaired) electrons. The average molecular weight is 612 g/mol. The van der Waals surface area contributed by atoms with Crippen molar-refractivity contribution in [3.8, 4) is 10.4 Å². The molecule has 0 spiro atoms. The molecule has 1 aliphatic carbocycles. The molecule has 2 aliphatic rings. The van der Waals surface area contributed by atoms with E-state index >= 15 is 0 Å². The second-order valence-corrected chi connectivity index (χ2v) is 12.0. The molecular formula is C25H28F7N5O3S. The Kier molecular flexibility index (Phi) is 8.30. The van der Waals surface area contributed by atoms with Gasteiger partial charge in [0.2, 0.25) is 0 Å². The molecule has 3 N–H and O–H groups in total. The Hall–Kier alpha value is -3.01. The molecule has 2 aromatic heterocycles. The molecule has 4 rings (SSSR count). The largest absolute Gasteiger partial charge is 0.408 e. The second kappa shape index (κ2) is 11.0. The first-order chi connectivity index (χ1) is 18.9. The van der Waals surface area contributed by atoms with E-state index < -0.39 is 84.0 Å². The molecule has 2 aromatic rings. The number of hydrogen-bond donors (Lipinski definition) is 3. The van der Waals surface area contributed by atoms with Crippen molar-refractivity contribution in [1.82, 2.24) is 20.2 Å². The summed E-state index contributed by atoms with van der Waals surface area (Å²) in [6.45, 7) is 3.02. The van der Waals surface area contributed by atoms with Crippen LogP contribution in [0.5, 0.6) is 0 Å². The van der Waals surface area contributed by atoms with E-state index in [0.29, 0.717) is 24.2 Å². The van der Waals surface area contributed by atoms with Gasteiger partial charge in [-0.25, -0.2) is 27.5 Å². The van der Waals surface area contributed by atoms with Crippen LogP contribution in [0.3, 0.4) is 0 Å². The number of aliphatic hydroxyl groups is 1. The van der Waals surface area contributed by atoms with Crippen LogP contribution in [0, 0.1) is 5.92 Å². The lowest BCUT2D eigenvalue weighted by Crippen LogP contribution is -2.38. The molecular weight excluding hydrogens is 583 g/mol. The van der Waals surface area contributed by atoms with Crippen LogP contribution < -0.4 is 10.6 Å². The first-order valence-corrected chi connectivity index (χ1v) is 13.5. The highest BCUT2D eigenvalue weighted by Gasteiger charge is 2.49. The van der Waals surface area contributed by atoms with Crippen LogP contribution in [0.2, 0.25) is 0 Å². The number of rotatable bonds is 9. The van der Waals surface area contributed by atoms with Gasteiger partial charge in [-0.05, 0) is 45.6 Å². The number of amides is 2. The number of carbonyl (C=O) groups is 2. The molecule has 41 heavy (non-hydrogen) atoms. The number of aromatic nitrogens is 2. The molecule has 2 amide bonds. The van der Waals surface area contributed by atoms with Gasteiger partial charge in [0.1, 0.15) is 17.6 Å². The number of nitrogens with zero attached hydrogens (tertiary/aromatic N) is 3. The molecule has 2 unspecified atom stereocenters. The van der Waals surface area contributed by atoms with Crippen LogP contribution in [-0.4, -0.2) is 74.7 Å². The van der Waals surface area contributed by atoms with Crippen molar-refractivity contribution in [2.24, 2.45) is 5.92 Å². The zero-order chi connectivity index (χ0) is 30.5. The molecule has 16 heteroatoms. The van der Waals surface area contributed by atoms with Crippen LogP contribution in [0.4, 0.5) is 36.6 Å². The van der Waals surface area contributed by atoms with E-state index in [0.717, 1.165) is 17.2 Å². The normalized spacial score (nSPS) is 19.9. The summed E-state index contributed by atoms with van der Waals surface area (Å²) in [7, 11) is 0. The third-order valence-electron chi connectivity index (χ3n) is 6.66. The Morgan fingerprint density at radius 2 is 1.90 bits per heavy atom. The van der Waals surface area contributed by atoms with Crippen molar-refractivity contribution in [2.75, 3.05) is 18.4 Å². The Bertz CT molecular complexity index is 1310. The maximum Gasteiger partial charge on any atom is 0.408 e. The number of carbonyl (C=O) groups excluding carboxylic acids is 2. The van der Waals surface area contributed by atoms with Crippen LogP contribution in [-0.2, 0) is 0 Å². The summed E-state index contributed by atoms with van der Waals surface area (Å²) < 4.78 is 97.1. The fourth-order valence-electron chi connectivity index (χ4n) is 4.51. The smallest absolute Gasteiger partial charge is 0.389 e. The second-order valence-electron chi connectivity index (χ2n) is 11.0. The predicted molar refractivity (Wildman–Crippen MR) is 135 cm³/mol. The lowest BCUT2D eigenvalue weighted by molar-refractivity contribution is -0.146. The average Bonchev–Trinajstić information content (AvgIpc) is 3.51. The number of pyridine rings is 1. The monoisotopic (exact) mass is 611 g/mol. The maximum atomic E-state index is 14.3. The van der Waals surface area contributed by atoms with E-state index in [-0.39, 0.29) is 22.0 Å². The standard InChI is InChI=1S/C25H28F7N5O3S/c1-11-7-24(28,29)10-37(11)22(39)16-17(41-21(36-16)20(38)34-9-23(2,3)40)14-8-33-15(6-13(14)19(26)27)35-18(12-4-5-12)25(30,31)32/h6,8,11-12,18-19,40H,4-5,7,9-10H2,1-3H3,(H,33,35)(H,34,38). The number of hydrogen-bond acceptors (Lipinski definition) is 7. The van der Waals surface area contributed by atoms with Gasteiger partial charge in [0.05, 0.1) is 17.0 Å². The molecule has 226 valence electrons. The first kappa shape index (κ1) is 30.9. The minimum Gasteiger partial charge on any atom is -0.389 e. The fraction of sp³-hybridized carbons (Fsp3) is 0.600. The fourth-order valence-corrected chi connectivity index (χ4v) is 5.52. The van der Waals surface area contributed by atoms with E-state index in [1.165, 1.54) is 20.8 Å². The topological polar surface area (TPSA) is 107 Å². The van der Waals surface area contributed by atoms with Gasteiger partial charge in [0.25, 0.3) is 24.2 Å². The molecule has 3 heterocycles. The summed E-state index contributed by atoms with van der Waals surface area (Å²) in [5, 5.41) is 14.1. The molecule has 1 aliphatic heterocycles. The molecule has 2 fully saturated rings. The van der Waals surface area contributed by atoms with Crippen LogP contribution in [0.25, 0.3) is 10.4 Å². The van der Waals surface area contributed by atoms with E-state index in [1.54, 1.807) is 0 Å². The summed E-state index contributed by atoms with van der Waals surface area (Å²) in [6.07, 6.45) is -7.06. The SMILES string of the molecule is CC1CC(F)(F)CN1C(=O)c1nc(C(=O)NCC(C)(C)O)sc1-c1cnc(NC(C2CC2)C(F)(F)F)cc1C(F)F. The molecule has 1 saturated carbocycles. The Labute approximate surface area is 234 Å². The summed E-state index contributed by atoms with van der Waals surface area (Å²) in [5.41, 5.74) is -3.06.